The standard InChI is InChI=1S/C12H10N4O2/c1-2-18-11(17)8-5-9-3-6-10(7-4-9)12-13-15-16-14-12/h3-4,6-7H,2H2,1H3,(H,13,14,15,16). The molecule has 1 N–H and O–H groups in total. The van der Waals surface area contributed by atoms with Crippen molar-refractivity contribution in [2.24, 2.45) is 0 Å². The van der Waals surface area contributed by atoms with Gasteiger partial charge in [-0.25, -0.2) is 4.79 Å². The number of aromatic amines is 1. The number of esters is 1. The number of nitrogens with one attached hydrogen (secondary N) is 1. The number of hydrogen-bond donors (Lipinski definition) is 1. The molecule has 6 heteroatoms. The first-order chi connectivity index (χ1) is 8.79. The van der Waals surface area contributed by atoms with Crippen LogP contribution in [-0.4, -0.2) is 33.2 Å². The van der Waals surface area contributed by atoms with Crippen molar-refractivity contribution >= 4 is 5.97 Å². The van der Waals surface area contributed by atoms with Gasteiger partial charge in [-0.3, -0.25) is 0 Å². The number of rotatable bonds is 2. The number of nitrogens with zero attached hydrogens (tertiary/aromatic N) is 3. The van der Waals surface area contributed by atoms with E-state index in [0.717, 1.165) is 11.1 Å². The summed E-state index contributed by atoms with van der Waals surface area (Å²) >= 11 is 0. The summed E-state index contributed by atoms with van der Waals surface area (Å²) in [6.45, 7) is 2.06. The fourth-order valence-corrected chi connectivity index (χ4v) is 1.28. The summed E-state index contributed by atoms with van der Waals surface area (Å²) in [5, 5.41) is 13.6. The molecule has 0 aliphatic heterocycles. The molecule has 1 aromatic heterocycles. The van der Waals surface area contributed by atoms with Gasteiger partial charge in [0.1, 0.15) is 0 Å². The van der Waals surface area contributed by atoms with Crippen LogP contribution in [0.2, 0.25) is 0 Å². The highest BCUT2D eigenvalue weighted by molar-refractivity contribution is 5.89. The Bertz CT molecular complexity index is 579. The van der Waals surface area contributed by atoms with E-state index in [2.05, 4.69) is 32.5 Å². The predicted molar refractivity (Wildman–Crippen MR) is 63.1 cm³/mol. The first-order valence-electron chi connectivity index (χ1n) is 5.32. The number of tetrazole rings is 1. The zero-order valence-electron chi connectivity index (χ0n) is 9.67. The van der Waals surface area contributed by atoms with Crippen molar-refractivity contribution in [3.63, 3.8) is 0 Å². The molecular formula is C12H10N4O2. The fourth-order valence-electron chi connectivity index (χ4n) is 1.28. The van der Waals surface area contributed by atoms with E-state index < -0.39 is 5.97 Å². The highest BCUT2D eigenvalue weighted by Crippen LogP contribution is 2.13. The van der Waals surface area contributed by atoms with E-state index in [1.165, 1.54) is 0 Å². The highest BCUT2D eigenvalue weighted by atomic mass is 16.5. The molecule has 0 aliphatic rings. The monoisotopic (exact) mass is 242 g/mol. The quantitative estimate of drug-likeness (QED) is 0.621. The maximum absolute atomic E-state index is 11.0. The summed E-state index contributed by atoms with van der Waals surface area (Å²) in [5.41, 5.74) is 1.54. The van der Waals surface area contributed by atoms with Gasteiger partial charge < -0.3 is 4.74 Å². The average Bonchev–Trinajstić information content (AvgIpc) is 2.91. The molecule has 0 amide bonds. The van der Waals surface area contributed by atoms with Gasteiger partial charge >= 0.3 is 5.97 Å². The van der Waals surface area contributed by atoms with Gasteiger partial charge in [-0.1, -0.05) is 5.92 Å². The third kappa shape index (κ3) is 2.92. The molecule has 18 heavy (non-hydrogen) atoms. The molecule has 0 unspecified atom stereocenters. The van der Waals surface area contributed by atoms with E-state index >= 15 is 0 Å². The number of benzene rings is 1. The molecule has 0 radical (unpaired) electrons. The average molecular weight is 242 g/mol. The van der Waals surface area contributed by atoms with Crippen molar-refractivity contribution in [3.8, 4) is 23.2 Å². The second-order valence-electron chi connectivity index (χ2n) is 3.28. The molecule has 0 saturated carbocycles. The van der Waals surface area contributed by atoms with Crippen molar-refractivity contribution < 1.29 is 9.53 Å². The van der Waals surface area contributed by atoms with Crippen LogP contribution in [0.15, 0.2) is 24.3 Å². The summed E-state index contributed by atoms with van der Waals surface area (Å²) in [7, 11) is 0. The second-order valence-corrected chi connectivity index (χ2v) is 3.28. The van der Waals surface area contributed by atoms with Crippen molar-refractivity contribution in [1.82, 2.24) is 20.6 Å². The molecule has 0 atom stereocenters. The van der Waals surface area contributed by atoms with E-state index in [0.29, 0.717) is 12.4 Å². The number of hydrogen-bond acceptors (Lipinski definition) is 5. The Labute approximate surface area is 103 Å². The van der Waals surface area contributed by atoms with Crippen LogP contribution in [0.25, 0.3) is 11.4 Å². The SMILES string of the molecule is CCOC(=O)C#Cc1ccc(-c2nn[nH]n2)cc1. The molecule has 1 heterocycles. The third-order valence-electron chi connectivity index (χ3n) is 2.07. The lowest BCUT2D eigenvalue weighted by atomic mass is 10.1. The molecule has 0 spiro atoms. The van der Waals surface area contributed by atoms with Crippen LogP contribution in [0.4, 0.5) is 0 Å². The lowest BCUT2D eigenvalue weighted by Crippen LogP contribution is -1.99. The number of H-pyrrole nitrogens is 1. The molecule has 2 aromatic rings. The molecule has 2 rings (SSSR count). The normalized spacial score (nSPS) is 9.39. The summed E-state index contributed by atoms with van der Waals surface area (Å²) in [5.74, 6) is 5.09. The molecule has 6 nitrogen and oxygen atoms in total. The van der Waals surface area contributed by atoms with Crippen molar-refractivity contribution in [1.29, 1.82) is 0 Å². The molecule has 1 aromatic carbocycles. The summed E-state index contributed by atoms with van der Waals surface area (Å²) in [4.78, 5) is 11.0. The van der Waals surface area contributed by atoms with E-state index in [1.807, 2.05) is 0 Å². The van der Waals surface area contributed by atoms with Crippen LogP contribution >= 0.6 is 0 Å². The Morgan fingerprint density at radius 3 is 2.78 bits per heavy atom. The van der Waals surface area contributed by atoms with Gasteiger partial charge in [-0.2, -0.15) is 5.21 Å². The van der Waals surface area contributed by atoms with Gasteiger partial charge in [-0.15, -0.1) is 10.2 Å². The van der Waals surface area contributed by atoms with Gasteiger partial charge in [0.25, 0.3) is 0 Å². The van der Waals surface area contributed by atoms with Crippen molar-refractivity contribution in [2.45, 2.75) is 6.92 Å². The minimum atomic E-state index is -0.528. The van der Waals surface area contributed by atoms with Crippen molar-refractivity contribution in [3.05, 3.63) is 29.8 Å². The Kier molecular flexibility index (Phi) is 3.66. The summed E-state index contributed by atoms with van der Waals surface area (Å²) < 4.78 is 4.70. The topological polar surface area (TPSA) is 80.8 Å². The molecule has 0 fully saturated rings. The van der Waals surface area contributed by atoms with Crippen LogP contribution in [0, 0.1) is 11.8 Å². The number of carbonyl (C=O) groups excluding carboxylic acids is 1. The van der Waals surface area contributed by atoms with Crippen LogP contribution in [0.5, 0.6) is 0 Å². The maximum atomic E-state index is 11.0. The fraction of sp³-hybridized carbons (Fsp3) is 0.167. The highest BCUT2D eigenvalue weighted by Gasteiger charge is 2.01. The first kappa shape index (κ1) is 11.8. The minimum Gasteiger partial charge on any atom is -0.456 e. The summed E-state index contributed by atoms with van der Waals surface area (Å²) in [6.07, 6.45) is 0. The minimum absolute atomic E-state index is 0.324. The summed E-state index contributed by atoms with van der Waals surface area (Å²) in [6, 6.07) is 7.16. The Hall–Kier alpha value is -2.68. The number of aromatic nitrogens is 4. The third-order valence-corrected chi connectivity index (χ3v) is 2.07. The first-order valence-corrected chi connectivity index (χ1v) is 5.32. The largest absolute Gasteiger partial charge is 0.456 e. The Morgan fingerprint density at radius 2 is 2.17 bits per heavy atom. The zero-order chi connectivity index (χ0) is 12.8. The van der Waals surface area contributed by atoms with Gasteiger partial charge in [0.05, 0.1) is 6.61 Å². The maximum Gasteiger partial charge on any atom is 0.384 e. The number of carbonyl (C=O) groups is 1. The predicted octanol–water partition coefficient (Wildman–Crippen LogP) is 0.781. The Morgan fingerprint density at radius 1 is 1.39 bits per heavy atom. The molecule has 0 aliphatic carbocycles. The lowest BCUT2D eigenvalue weighted by molar-refractivity contribution is -0.136. The van der Waals surface area contributed by atoms with Gasteiger partial charge in [0.15, 0.2) is 0 Å². The van der Waals surface area contributed by atoms with E-state index in [1.54, 1.807) is 31.2 Å². The molecule has 0 saturated heterocycles. The van der Waals surface area contributed by atoms with Crippen LogP contribution in [0.3, 0.4) is 0 Å². The van der Waals surface area contributed by atoms with Crippen molar-refractivity contribution in [2.75, 3.05) is 6.61 Å². The second kappa shape index (κ2) is 5.59. The van der Waals surface area contributed by atoms with Crippen LogP contribution < -0.4 is 0 Å². The van der Waals surface area contributed by atoms with Gasteiger partial charge in [-0.05, 0) is 36.4 Å². The lowest BCUT2D eigenvalue weighted by Gasteiger charge is -1.94. The molecular weight excluding hydrogens is 232 g/mol. The molecule has 0 bridgehead atoms. The van der Waals surface area contributed by atoms with Crippen LogP contribution in [0.1, 0.15) is 12.5 Å². The van der Waals surface area contributed by atoms with Gasteiger partial charge in [0.2, 0.25) is 5.82 Å². The smallest absolute Gasteiger partial charge is 0.384 e. The van der Waals surface area contributed by atoms with E-state index in [4.69, 9.17) is 4.74 Å². The van der Waals surface area contributed by atoms with E-state index in [9.17, 15) is 4.79 Å². The van der Waals surface area contributed by atoms with Crippen LogP contribution in [-0.2, 0) is 9.53 Å². The zero-order valence-corrected chi connectivity index (χ0v) is 9.67. The molecule has 90 valence electrons. The number of ether oxygens (including phenoxy) is 1. The van der Waals surface area contributed by atoms with E-state index in [-0.39, 0.29) is 0 Å². The Balaban J connectivity index is 2.11. The van der Waals surface area contributed by atoms with Gasteiger partial charge in [0, 0.05) is 17.0 Å².